The molecule has 3 aromatic rings. The van der Waals surface area contributed by atoms with Crippen LogP contribution in [0.15, 0.2) is 57.0 Å². The quantitative estimate of drug-likeness (QED) is 0.117. The Labute approximate surface area is 216 Å². The van der Waals surface area contributed by atoms with Gasteiger partial charge in [0, 0.05) is 16.2 Å². The zero-order valence-electron chi connectivity index (χ0n) is 20.8. The molecule has 198 valence electrons. The van der Waals surface area contributed by atoms with E-state index in [1.54, 1.807) is 14.0 Å². The second kappa shape index (κ2) is 12.7. The maximum Gasteiger partial charge on any atom is 0.416 e. The van der Waals surface area contributed by atoms with Gasteiger partial charge in [0.05, 0.1) is 38.0 Å². The molecule has 0 bridgehead atoms. The van der Waals surface area contributed by atoms with Crippen molar-refractivity contribution >= 4 is 23.9 Å². The van der Waals surface area contributed by atoms with Gasteiger partial charge in [-0.05, 0) is 42.7 Å². The number of oxime groups is 1. The number of methoxy groups -OCH3 is 2. The Kier molecular flexibility index (Phi) is 9.62. The Balaban J connectivity index is 1.85. The van der Waals surface area contributed by atoms with Crippen LogP contribution in [0.4, 0.5) is 13.2 Å². The zero-order valence-corrected chi connectivity index (χ0v) is 21.6. The zero-order chi connectivity index (χ0) is 27.0. The van der Waals surface area contributed by atoms with Crippen LogP contribution in [0.3, 0.4) is 0 Å². The molecule has 11 heteroatoms. The summed E-state index contributed by atoms with van der Waals surface area (Å²) in [6.45, 7) is 4.06. The summed E-state index contributed by atoms with van der Waals surface area (Å²) >= 11 is 1.44. The summed E-state index contributed by atoms with van der Waals surface area (Å²) in [6.07, 6.45) is -2.75. The van der Waals surface area contributed by atoms with Crippen molar-refractivity contribution in [3.8, 4) is 17.1 Å². The lowest BCUT2D eigenvalue weighted by molar-refractivity contribution is -0.141. The molecule has 0 saturated carbocycles. The Hall–Kier alpha value is -3.47. The van der Waals surface area contributed by atoms with Crippen molar-refractivity contribution in [1.29, 1.82) is 0 Å². The van der Waals surface area contributed by atoms with Gasteiger partial charge in [-0.1, -0.05) is 35.4 Å². The number of benzene rings is 2. The van der Waals surface area contributed by atoms with Gasteiger partial charge in [0.2, 0.25) is 0 Å². The third-order valence-electron chi connectivity index (χ3n) is 5.48. The molecule has 0 aliphatic heterocycles. The number of carbonyl (C=O) groups excluding carboxylic acids is 1. The first-order valence-corrected chi connectivity index (χ1v) is 12.4. The van der Waals surface area contributed by atoms with Gasteiger partial charge in [0.25, 0.3) is 0 Å². The summed E-state index contributed by atoms with van der Waals surface area (Å²) in [7, 11) is 2.92. The monoisotopic (exact) mass is 536 g/mol. The van der Waals surface area contributed by atoms with E-state index in [4.69, 9.17) is 18.8 Å². The van der Waals surface area contributed by atoms with Crippen molar-refractivity contribution in [3.05, 3.63) is 64.8 Å². The summed E-state index contributed by atoms with van der Waals surface area (Å²) in [5, 5.41) is 8.05. The summed E-state index contributed by atoms with van der Waals surface area (Å²) < 4.78 is 54.7. The molecule has 0 N–H and O–H groups in total. The number of carbonyl (C=O) groups is 1. The highest BCUT2D eigenvalue weighted by molar-refractivity contribution is 7.98. The summed E-state index contributed by atoms with van der Waals surface area (Å²) in [5.41, 5.74) is 1.64. The summed E-state index contributed by atoms with van der Waals surface area (Å²) in [6, 6.07) is 10.3. The maximum atomic E-state index is 13.0. The minimum absolute atomic E-state index is 0.0522. The number of hydrogen-bond acceptors (Lipinski definition) is 8. The van der Waals surface area contributed by atoms with Gasteiger partial charge < -0.3 is 18.8 Å². The molecule has 0 saturated heterocycles. The highest BCUT2D eigenvalue weighted by atomic mass is 32.2. The van der Waals surface area contributed by atoms with Crippen LogP contribution in [0.2, 0.25) is 0 Å². The molecule has 1 aromatic heterocycles. The van der Waals surface area contributed by atoms with Crippen LogP contribution in [0, 0.1) is 0 Å². The number of alkyl halides is 3. The molecule has 3 rings (SSSR count). The first-order valence-electron chi connectivity index (χ1n) is 11.4. The van der Waals surface area contributed by atoms with Gasteiger partial charge in [-0.25, -0.2) is 0 Å². The lowest BCUT2D eigenvalue weighted by Crippen LogP contribution is -2.06. The van der Waals surface area contributed by atoms with Crippen LogP contribution in [-0.2, 0) is 26.3 Å². The topological polar surface area (TPSA) is 83.2 Å². The molecule has 0 fully saturated rings. The van der Waals surface area contributed by atoms with Gasteiger partial charge >= 0.3 is 12.1 Å². The highest BCUT2D eigenvalue weighted by Crippen LogP contribution is 2.37. The standard InChI is InChI=1S/C26H27F3N2O5S/c1-5-35-30-14-20-21(31-36-25(20)17-6-9-19(10-7-17)26(27,28)29)15-37-23-11-8-18(13-22(23)33-3)16(2)12-24(32)34-4/h6-11,13-14,16H,5,12,15H2,1-4H3/t16-/m0/s1. The van der Waals surface area contributed by atoms with Gasteiger partial charge in [0.1, 0.15) is 18.1 Å². The van der Waals surface area contributed by atoms with E-state index in [0.717, 1.165) is 22.6 Å². The average Bonchev–Trinajstić information content (AvgIpc) is 3.29. The van der Waals surface area contributed by atoms with Crippen molar-refractivity contribution in [3.63, 3.8) is 0 Å². The highest BCUT2D eigenvalue weighted by Gasteiger charge is 2.30. The van der Waals surface area contributed by atoms with E-state index in [0.29, 0.717) is 34.9 Å². The predicted molar refractivity (Wildman–Crippen MR) is 134 cm³/mol. The molecular weight excluding hydrogens is 509 g/mol. The molecule has 0 amide bonds. The molecule has 37 heavy (non-hydrogen) atoms. The molecule has 0 aliphatic carbocycles. The first-order chi connectivity index (χ1) is 17.7. The number of aromatic nitrogens is 1. The maximum absolute atomic E-state index is 13.0. The van der Waals surface area contributed by atoms with E-state index in [9.17, 15) is 18.0 Å². The Morgan fingerprint density at radius 2 is 1.92 bits per heavy atom. The van der Waals surface area contributed by atoms with E-state index in [2.05, 4.69) is 10.3 Å². The smallest absolute Gasteiger partial charge is 0.416 e. The third-order valence-corrected chi connectivity index (χ3v) is 6.55. The molecule has 0 spiro atoms. The van der Waals surface area contributed by atoms with E-state index < -0.39 is 11.7 Å². The fraction of sp³-hybridized carbons (Fsp3) is 0.346. The molecule has 2 aromatic carbocycles. The number of thioether (sulfide) groups is 1. The van der Waals surface area contributed by atoms with Crippen molar-refractivity contribution in [1.82, 2.24) is 5.16 Å². The van der Waals surface area contributed by atoms with Crippen molar-refractivity contribution in [2.75, 3.05) is 20.8 Å². The summed E-state index contributed by atoms with van der Waals surface area (Å²) in [4.78, 5) is 17.5. The normalized spacial score (nSPS) is 12.5. The van der Waals surface area contributed by atoms with Crippen molar-refractivity contribution in [2.45, 2.75) is 43.0 Å². The molecule has 0 radical (unpaired) electrons. The van der Waals surface area contributed by atoms with Crippen LogP contribution in [0.5, 0.6) is 5.75 Å². The van der Waals surface area contributed by atoms with E-state index in [1.807, 2.05) is 25.1 Å². The van der Waals surface area contributed by atoms with E-state index in [-0.39, 0.29) is 24.1 Å². The predicted octanol–water partition coefficient (Wildman–Crippen LogP) is 6.70. The Morgan fingerprint density at radius 1 is 1.19 bits per heavy atom. The molecule has 1 atom stereocenters. The lowest BCUT2D eigenvalue weighted by Gasteiger charge is -2.14. The van der Waals surface area contributed by atoms with Crippen LogP contribution >= 0.6 is 11.8 Å². The molecule has 1 heterocycles. The number of hydrogen-bond donors (Lipinski definition) is 0. The fourth-order valence-corrected chi connectivity index (χ4v) is 4.41. The van der Waals surface area contributed by atoms with Gasteiger partial charge in [0.15, 0.2) is 5.76 Å². The van der Waals surface area contributed by atoms with Crippen molar-refractivity contribution < 1.29 is 36.8 Å². The second-order valence-corrected chi connectivity index (χ2v) is 9.00. The fourth-order valence-electron chi connectivity index (χ4n) is 3.46. The number of ether oxygens (including phenoxy) is 2. The lowest BCUT2D eigenvalue weighted by atomic mass is 9.98. The number of rotatable bonds is 11. The number of halogens is 3. The van der Waals surface area contributed by atoms with Crippen LogP contribution in [0.1, 0.15) is 48.6 Å². The van der Waals surface area contributed by atoms with Gasteiger partial charge in [-0.15, -0.1) is 11.8 Å². The molecule has 7 nitrogen and oxygen atoms in total. The minimum atomic E-state index is -4.44. The Morgan fingerprint density at radius 3 is 2.54 bits per heavy atom. The van der Waals surface area contributed by atoms with E-state index >= 15 is 0 Å². The molecular formula is C26H27F3N2O5S. The summed E-state index contributed by atoms with van der Waals surface area (Å²) in [5.74, 6) is 0.942. The van der Waals surface area contributed by atoms with Gasteiger partial charge in [-0.3, -0.25) is 4.79 Å². The van der Waals surface area contributed by atoms with Crippen LogP contribution in [-0.4, -0.2) is 38.2 Å². The number of esters is 1. The largest absolute Gasteiger partial charge is 0.496 e. The average molecular weight is 537 g/mol. The van der Waals surface area contributed by atoms with Crippen molar-refractivity contribution in [2.24, 2.45) is 5.16 Å². The number of nitrogens with zero attached hydrogens (tertiary/aromatic N) is 2. The SMILES string of the molecule is CCON=Cc1c(CSc2ccc([C@@H](C)CC(=O)OC)cc2OC)noc1-c1ccc(C(F)(F)F)cc1. The van der Waals surface area contributed by atoms with Crippen LogP contribution in [0.25, 0.3) is 11.3 Å². The first kappa shape index (κ1) is 28.1. The van der Waals surface area contributed by atoms with Gasteiger partial charge in [-0.2, -0.15) is 13.2 Å². The van der Waals surface area contributed by atoms with E-state index in [1.165, 1.54) is 37.2 Å². The van der Waals surface area contributed by atoms with Crippen LogP contribution < -0.4 is 4.74 Å². The third kappa shape index (κ3) is 7.28. The molecule has 0 unspecified atom stereocenters. The Bertz CT molecular complexity index is 1230. The second-order valence-electron chi connectivity index (χ2n) is 7.98. The molecule has 0 aliphatic rings. The minimum Gasteiger partial charge on any atom is -0.496 e.